The summed E-state index contributed by atoms with van der Waals surface area (Å²) < 4.78 is 5.81. The maximum atomic E-state index is 5.81. The van der Waals surface area contributed by atoms with Crippen LogP contribution < -0.4 is 10.1 Å². The molecule has 0 amide bonds. The van der Waals surface area contributed by atoms with Crippen LogP contribution in [0.5, 0.6) is 5.75 Å². The van der Waals surface area contributed by atoms with E-state index in [1.54, 1.807) is 0 Å². The first-order chi connectivity index (χ1) is 10.3. The zero-order valence-corrected chi connectivity index (χ0v) is 13.2. The molecule has 2 unspecified atom stereocenters. The highest BCUT2D eigenvalue weighted by Gasteiger charge is 2.22. The van der Waals surface area contributed by atoms with Gasteiger partial charge in [-0.05, 0) is 25.1 Å². The van der Waals surface area contributed by atoms with Crippen LogP contribution in [0.15, 0.2) is 54.6 Å². The third-order valence-corrected chi connectivity index (χ3v) is 3.80. The first-order valence-electron chi connectivity index (χ1n) is 7.78. The van der Waals surface area contributed by atoms with Crippen LogP contribution in [0, 0.1) is 0 Å². The van der Waals surface area contributed by atoms with Crippen molar-refractivity contribution >= 4 is 0 Å². The monoisotopic (exact) mass is 283 g/mol. The van der Waals surface area contributed by atoms with E-state index in [4.69, 9.17) is 4.74 Å². The SMILES string of the molecule is CCNC(c1ccccc1OCC)C(C)c1ccccc1. The van der Waals surface area contributed by atoms with Crippen LogP contribution >= 0.6 is 0 Å². The van der Waals surface area contributed by atoms with Gasteiger partial charge in [0, 0.05) is 17.5 Å². The molecule has 0 aromatic heterocycles. The van der Waals surface area contributed by atoms with Gasteiger partial charge in [0.05, 0.1) is 6.61 Å². The molecule has 2 rings (SSSR count). The molecule has 2 atom stereocenters. The van der Waals surface area contributed by atoms with E-state index in [0.717, 1.165) is 12.3 Å². The van der Waals surface area contributed by atoms with Gasteiger partial charge >= 0.3 is 0 Å². The Hall–Kier alpha value is -1.80. The van der Waals surface area contributed by atoms with Gasteiger partial charge in [0.25, 0.3) is 0 Å². The molecule has 0 aliphatic carbocycles. The Bertz CT molecular complexity index is 538. The number of ether oxygens (including phenoxy) is 1. The summed E-state index contributed by atoms with van der Waals surface area (Å²) in [5, 5.41) is 3.62. The van der Waals surface area contributed by atoms with Gasteiger partial charge in [-0.25, -0.2) is 0 Å². The van der Waals surface area contributed by atoms with E-state index in [0.29, 0.717) is 12.5 Å². The first kappa shape index (κ1) is 15.6. The zero-order chi connectivity index (χ0) is 15.1. The number of likely N-dealkylation sites (N-methyl/N-ethyl adjacent to an activating group) is 1. The Morgan fingerprint density at radius 3 is 2.29 bits per heavy atom. The summed E-state index contributed by atoms with van der Waals surface area (Å²) >= 11 is 0. The minimum absolute atomic E-state index is 0.250. The van der Waals surface area contributed by atoms with Crippen LogP contribution in [0.3, 0.4) is 0 Å². The number of hydrogen-bond donors (Lipinski definition) is 1. The predicted octanol–water partition coefficient (Wildman–Crippen LogP) is 4.54. The Balaban J connectivity index is 2.35. The van der Waals surface area contributed by atoms with E-state index in [2.05, 4.69) is 67.7 Å². The number of benzene rings is 2. The Morgan fingerprint density at radius 2 is 1.62 bits per heavy atom. The second-order valence-corrected chi connectivity index (χ2v) is 5.21. The average Bonchev–Trinajstić information content (AvgIpc) is 2.54. The van der Waals surface area contributed by atoms with Crippen molar-refractivity contribution in [2.75, 3.05) is 13.2 Å². The molecular weight excluding hydrogens is 258 g/mol. The van der Waals surface area contributed by atoms with Crippen LogP contribution in [-0.2, 0) is 0 Å². The maximum absolute atomic E-state index is 5.81. The van der Waals surface area contributed by atoms with E-state index in [1.807, 2.05) is 13.0 Å². The van der Waals surface area contributed by atoms with Gasteiger partial charge in [0.1, 0.15) is 5.75 Å². The maximum Gasteiger partial charge on any atom is 0.124 e. The van der Waals surface area contributed by atoms with Crippen molar-refractivity contribution in [1.82, 2.24) is 5.32 Å². The molecule has 0 aliphatic heterocycles. The number of para-hydroxylation sites is 1. The molecule has 0 heterocycles. The van der Waals surface area contributed by atoms with E-state index >= 15 is 0 Å². The summed E-state index contributed by atoms with van der Waals surface area (Å²) in [6.45, 7) is 8.07. The van der Waals surface area contributed by atoms with Gasteiger partial charge in [-0.3, -0.25) is 0 Å². The van der Waals surface area contributed by atoms with E-state index < -0.39 is 0 Å². The lowest BCUT2D eigenvalue weighted by Gasteiger charge is -2.27. The second kappa shape index (κ2) is 7.84. The lowest BCUT2D eigenvalue weighted by atomic mass is 9.88. The molecule has 0 saturated carbocycles. The molecule has 0 bridgehead atoms. The molecular formula is C19H25NO. The number of rotatable bonds is 7. The molecule has 0 fully saturated rings. The van der Waals surface area contributed by atoms with Crippen molar-refractivity contribution in [3.05, 3.63) is 65.7 Å². The molecule has 1 N–H and O–H groups in total. The fourth-order valence-corrected chi connectivity index (χ4v) is 2.75. The molecule has 0 saturated heterocycles. The van der Waals surface area contributed by atoms with Gasteiger partial charge < -0.3 is 10.1 Å². The van der Waals surface area contributed by atoms with Gasteiger partial charge in [-0.15, -0.1) is 0 Å². The van der Waals surface area contributed by atoms with Crippen molar-refractivity contribution in [2.45, 2.75) is 32.7 Å². The molecule has 2 heteroatoms. The minimum Gasteiger partial charge on any atom is -0.494 e. The summed E-state index contributed by atoms with van der Waals surface area (Å²) in [5.41, 5.74) is 2.58. The average molecular weight is 283 g/mol. The first-order valence-corrected chi connectivity index (χ1v) is 7.78. The van der Waals surface area contributed by atoms with Crippen molar-refractivity contribution in [3.63, 3.8) is 0 Å². The van der Waals surface area contributed by atoms with Crippen LogP contribution in [0.4, 0.5) is 0 Å². The molecule has 0 spiro atoms. The molecule has 0 radical (unpaired) electrons. The van der Waals surface area contributed by atoms with Crippen molar-refractivity contribution in [2.24, 2.45) is 0 Å². The van der Waals surface area contributed by atoms with Crippen LogP contribution in [-0.4, -0.2) is 13.2 Å². The highest BCUT2D eigenvalue weighted by molar-refractivity contribution is 5.38. The molecule has 21 heavy (non-hydrogen) atoms. The third-order valence-electron chi connectivity index (χ3n) is 3.80. The van der Waals surface area contributed by atoms with E-state index in [-0.39, 0.29) is 6.04 Å². The summed E-state index contributed by atoms with van der Waals surface area (Å²) in [5.74, 6) is 1.36. The van der Waals surface area contributed by atoms with Gasteiger partial charge in [-0.1, -0.05) is 62.4 Å². The van der Waals surface area contributed by atoms with Crippen molar-refractivity contribution in [1.29, 1.82) is 0 Å². The largest absolute Gasteiger partial charge is 0.494 e. The fourth-order valence-electron chi connectivity index (χ4n) is 2.75. The van der Waals surface area contributed by atoms with Crippen molar-refractivity contribution in [3.8, 4) is 5.75 Å². The van der Waals surface area contributed by atoms with Crippen LogP contribution in [0.25, 0.3) is 0 Å². The molecule has 112 valence electrons. The molecule has 0 aliphatic rings. The van der Waals surface area contributed by atoms with Crippen molar-refractivity contribution < 1.29 is 4.74 Å². The zero-order valence-electron chi connectivity index (χ0n) is 13.2. The Morgan fingerprint density at radius 1 is 0.952 bits per heavy atom. The summed E-state index contributed by atoms with van der Waals surface area (Å²) in [6, 6.07) is 19.2. The molecule has 2 nitrogen and oxygen atoms in total. The smallest absolute Gasteiger partial charge is 0.124 e. The molecule has 2 aromatic carbocycles. The van der Waals surface area contributed by atoms with E-state index in [9.17, 15) is 0 Å². The van der Waals surface area contributed by atoms with E-state index in [1.165, 1.54) is 11.1 Å². The summed E-state index contributed by atoms with van der Waals surface area (Å²) in [6.07, 6.45) is 0. The fraction of sp³-hybridized carbons (Fsp3) is 0.368. The minimum atomic E-state index is 0.250. The van der Waals surface area contributed by atoms with Gasteiger partial charge in [0.2, 0.25) is 0 Å². The number of nitrogens with one attached hydrogen (secondary N) is 1. The Kier molecular flexibility index (Phi) is 5.82. The standard InChI is InChI=1S/C19H25NO/c1-4-20-19(15(3)16-11-7-6-8-12-16)17-13-9-10-14-18(17)21-5-2/h6-15,19-20H,4-5H2,1-3H3. The Labute approximate surface area is 128 Å². The highest BCUT2D eigenvalue weighted by atomic mass is 16.5. The summed E-state index contributed by atoms with van der Waals surface area (Å²) in [7, 11) is 0. The lowest BCUT2D eigenvalue weighted by molar-refractivity contribution is 0.328. The highest BCUT2D eigenvalue weighted by Crippen LogP contribution is 2.35. The third kappa shape index (κ3) is 3.85. The van der Waals surface area contributed by atoms with Gasteiger partial charge in [0.15, 0.2) is 0 Å². The molecule has 2 aromatic rings. The second-order valence-electron chi connectivity index (χ2n) is 5.21. The lowest BCUT2D eigenvalue weighted by Crippen LogP contribution is -2.26. The number of hydrogen-bond acceptors (Lipinski definition) is 2. The van der Waals surface area contributed by atoms with Gasteiger partial charge in [-0.2, -0.15) is 0 Å². The predicted molar refractivity (Wildman–Crippen MR) is 88.9 cm³/mol. The normalized spacial score (nSPS) is 13.7. The topological polar surface area (TPSA) is 21.3 Å². The van der Waals surface area contributed by atoms with Crippen LogP contribution in [0.1, 0.15) is 43.9 Å². The summed E-state index contributed by atoms with van der Waals surface area (Å²) in [4.78, 5) is 0. The van der Waals surface area contributed by atoms with Crippen LogP contribution in [0.2, 0.25) is 0 Å². The quantitative estimate of drug-likeness (QED) is 0.805.